The van der Waals surface area contributed by atoms with Crippen LogP contribution in [0.3, 0.4) is 0 Å². The summed E-state index contributed by atoms with van der Waals surface area (Å²) in [5, 5.41) is 0. The number of hydrogen-bond acceptors (Lipinski definition) is 1. The molecular formula is C14H9F6N. The molecular weight excluding hydrogens is 296 g/mol. The van der Waals surface area contributed by atoms with Crippen LogP contribution in [0.5, 0.6) is 0 Å². The van der Waals surface area contributed by atoms with Crippen LogP contribution in [0, 0.1) is 17.5 Å². The quantitative estimate of drug-likeness (QED) is 0.828. The van der Waals surface area contributed by atoms with Gasteiger partial charge in [0.15, 0.2) is 11.6 Å². The number of rotatable bonds is 2. The topological polar surface area (TPSA) is 26.0 Å². The summed E-state index contributed by atoms with van der Waals surface area (Å²) in [6.07, 6.45) is -4.90. The Morgan fingerprint density at radius 2 is 1.57 bits per heavy atom. The van der Waals surface area contributed by atoms with Crippen LogP contribution in [0.25, 0.3) is 0 Å². The van der Waals surface area contributed by atoms with Gasteiger partial charge in [-0.15, -0.1) is 0 Å². The molecule has 0 spiro atoms. The minimum absolute atomic E-state index is 0.173. The van der Waals surface area contributed by atoms with E-state index in [1.807, 2.05) is 0 Å². The highest BCUT2D eigenvalue weighted by atomic mass is 19.4. The van der Waals surface area contributed by atoms with E-state index in [4.69, 9.17) is 5.73 Å². The van der Waals surface area contributed by atoms with Crippen molar-refractivity contribution in [2.45, 2.75) is 12.2 Å². The summed E-state index contributed by atoms with van der Waals surface area (Å²) in [5.41, 5.74) is 3.66. The van der Waals surface area contributed by atoms with Gasteiger partial charge in [0.05, 0.1) is 11.6 Å². The molecule has 2 rings (SSSR count). The monoisotopic (exact) mass is 305 g/mol. The van der Waals surface area contributed by atoms with E-state index in [1.54, 1.807) is 0 Å². The molecule has 0 radical (unpaired) electrons. The van der Waals surface area contributed by atoms with Crippen LogP contribution in [-0.2, 0) is 6.18 Å². The molecule has 0 aliphatic carbocycles. The molecule has 0 aliphatic heterocycles. The van der Waals surface area contributed by atoms with Gasteiger partial charge in [-0.1, -0.05) is 18.2 Å². The first-order valence-corrected chi connectivity index (χ1v) is 5.78. The fraction of sp³-hybridized carbons (Fsp3) is 0.143. The van der Waals surface area contributed by atoms with Crippen LogP contribution in [0.1, 0.15) is 22.7 Å². The predicted molar refractivity (Wildman–Crippen MR) is 63.8 cm³/mol. The molecule has 2 aromatic rings. The molecule has 0 aromatic heterocycles. The Labute approximate surface area is 116 Å². The van der Waals surface area contributed by atoms with Crippen LogP contribution in [-0.4, -0.2) is 0 Å². The molecule has 0 fully saturated rings. The van der Waals surface area contributed by atoms with Gasteiger partial charge in [0.1, 0.15) is 5.82 Å². The Balaban J connectivity index is 2.49. The maximum Gasteiger partial charge on any atom is 0.419 e. The number of benzene rings is 2. The van der Waals surface area contributed by atoms with Crippen molar-refractivity contribution in [1.82, 2.24) is 0 Å². The third-order valence-electron chi connectivity index (χ3n) is 2.97. The first-order chi connectivity index (χ1) is 9.71. The Kier molecular flexibility index (Phi) is 3.95. The van der Waals surface area contributed by atoms with Gasteiger partial charge >= 0.3 is 6.18 Å². The van der Waals surface area contributed by atoms with Gasteiger partial charge < -0.3 is 5.73 Å². The van der Waals surface area contributed by atoms with Crippen LogP contribution in [0.4, 0.5) is 26.3 Å². The van der Waals surface area contributed by atoms with E-state index in [0.29, 0.717) is 12.1 Å². The highest BCUT2D eigenvalue weighted by molar-refractivity contribution is 5.36. The number of halogens is 6. The molecule has 2 aromatic carbocycles. The van der Waals surface area contributed by atoms with Gasteiger partial charge in [0.2, 0.25) is 0 Å². The molecule has 1 atom stereocenters. The third-order valence-corrected chi connectivity index (χ3v) is 2.97. The van der Waals surface area contributed by atoms with Gasteiger partial charge in [0, 0.05) is 5.56 Å². The molecule has 7 heteroatoms. The normalized spacial score (nSPS) is 13.3. The molecule has 1 unspecified atom stereocenters. The van der Waals surface area contributed by atoms with Crippen LogP contribution in [0.2, 0.25) is 0 Å². The molecule has 0 saturated heterocycles. The zero-order valence-corrected chi connectivity index (χ0v) is 10.4. The summed E-state index contributed by atoms with van der Waals surface area (Å²) in [4.78, 5) is 0. The maximum absolute atomic E-state index is 13.6. The van der Waals surface area contributed by atoms with Gasteiger partial charge in [0.25, 0.3) is 0 Å². The highest BCUT2D eigenvalue weighted by Gasteiger charge is 2.34. The van der Waals surface area contributed by atoms with E-state index in [-0.39, 0.29) is 11.1 Å². The lowest BCUT2D eigenvalue weighted by Gasteiger charge is -2.16. The average molecular weight is 305 g/mol. The first kappa shape index (κ1) is 15.4. The molecule has 0 heterocycles. The van der Waals surface area contributed by atoms with E-state index in [9.17, 15) is 26.3 Å². The molecule has 0 saturated carbocycles. The summed E-state index contributed by atoms with van der Waals surface area (Å²) >= 11 is 0. The summed E-state index contributed by atoms with van der Waals surface area (Å²) < 4.78 is 77.8. The standard InChI is InChI=1S/C14H9F6N/c15-10-5-4-7(6-9(10)14(18,19)20)13(21)8-2-1-3-11(16)12(8)17/h1-6,13H,21H2. The Hall–Kier alpha value is -2.02. The minimum atomic E-state index is -4.90. The van der Waals surface area contributed by atoms with Crippen LogP contribution >= 0.6 is 0 Å². The van der Waals surface area contributed by atoms with Crippen molar-refractivity contribution < 1.29 is 26.3 Å². The van der Waals surface area contributed by atoms with E-state index in [1.165, 1.54) is 6.07 Å². The van der Waals surface area contributed by atoms with E-state index >= 15 is 0 Å². The number of hydrogen-bond donors (Lipinski definition) is 1. The van der Waals surface area contributed by atoms with Crippen molar-refractivity contribution in [1.29, 1.82) is 0 Å². The van der Waals surface area contributed by atoms with Gasteiger partial charge in [-0.05, 0) is 23.8 Å². The van der Waals surface area contributed by atoms with Gasteiger partial charge in [-0.25, -0.2) is 13.2 Å². The molecule has 0 bridgehead atoms. The largest absolute Gasteiger partial charge is 0.419 e. The Bertz CT molecular complexity index is 665. The third kappa shape index (κ3) is 3.02. The second kappa shape index (κ2) is 5.40. The summed E-state index contributed by atoms with van der Waals surface area (Å²) in [6.45, 7) is 0. The van der Waals surface area contributed by atoms with Crippen LogP contribution < -0.4 is 5.73 Å². The molecule has 2 N–H and O–H groups in total. The maximum atomic E-state index is 13.6. The fourth-order valence-corrected chi connectivity index (χ4v) is 1.89. The molecule has 21 heavy (non-hydrogen) atoms. The van der Waals surface area contributed by atoms with E-state index in [2.05, 4.69) is 0 Å². The number of nitrogens with two attached hydrogens (primary N) is 1. The SMILES string of the molecule is NC(c1ccc(F)c(C(F)(F)F)c1)c1cccc(F)c1F. The Morgan fingerprint density at radius 1 is 0.905 bits per heavy atom. The summed E-state index contributed by atoms with van der Waals surface area (Å²) in [6, 6.07) is 3.93. The van der Waals surface area contributed by atoms with Crippen molar-refractivity contribution in [3.63, 3.8) is 0 Å². The zero-order valence-electron chi connectivity index (χ0n) is 10.4. The predicted octanol–water partition coefficient (Wildman–Crippen LogP) is 4.17. The van der Waals surface area contributed by atoms with E-state index < -0.39 is 35.2 Å². The number of alkyl halides is 3. The summed E-state index contributed by atoms with van der Waals surface area (Å²) in [5.74, 6) is -3.87. The second-order valence-electron chi connectivity index (χ2n) is 4.36. The zero-order chi connectivity index (χ0) is 15.8. The second-order valence-corrected chi connectivity index (χ2v) is 4.36. The molecule has 0 amide bonds. The van der Waals surface area contributed by atoms with Crippen LogP contribution in [0.15, 0.2) is 36.4 Å². The van der Waals surface area contributed by atoms with E-state index in [0.717, 1.165) is 18.2 Å². The first-order valence-electron chi connectivity index (χ1n) is 5.78. The van der Waals surface area contributed by atoms with Gasteiger partial charge in [-0.3, -0.25) is 0 Å². The highest BCUT2D eigenvalue weighted by Crippen LogP contribution is 2.34. The smallest absolute Gasteiger partial charge is 0.320 e. The van der Waals surface area contributed by atoms with Crippen molar-refractivity contribution >= 4 is 0 Å². The van der Waals surface area contributed by atoms with Crippen molar-refractivity contribution in [3.05, 3.63) is 70.5 Å². The average Bonchev–Trinajstić information content (AvgIpc) is 2.40. The lowest BCUT2D eigenvalue weighted by Crippen LogP contribution is -2.16. The van der Waals surface area contributed by atoms with Crippen molar-refractivity contribution in [2.75, 3.05) is 0 Å². The molecule has 1 nitrogen and oxygen atoms in total. The fourth-order valence-electron chi connectivity index (χ4n) is 1.89. The molecule has 0 aliphatic rings. The lowest BCUT2D eigenvalue weighted by atomic mass is 9.97. The van der Waals surface area contributed by atoms with Crippen molar-refractivity contribution in [2.24, 2.45) is 5.73 Å². The van der Waals surface area contributed by atoms with Crippen molar-refractivity contribution in [3.8, 4) is 0 Å². The minimum Gasteiger partial charge on any atom is -0.320 e. The summed E-state index contributed by atoms with van der Waals surface area (Å²) in [7, 11) is 0. The Morgan fingerprint density at radius 3 is 2.19 bits per heavy atom. The van der Waals surface area contributed by atoms with Gasteiger partial charge in [-0.2, -0.15) is 13.2 Å². The lowest BCUT2D eigenvalue weighted by molar-refractivity contribution is -0.140. The molecule has 112 valence electrons.